The van der Waals surface area contributed by atoms with Crippen molar-refractivity contribution < 1.29 is 9.50 Å². The number of nitrogens with zero attached hydrogens (tertiary/aromatic N) is 1. The number of hydrogen-bond donors (Lipinski definition) is 1. The van der Waals surface area contributed by atoms with Crippen LogP contribution in [0.25, 0.3) is 0 Å². The highest BCUT2D eigenvalue weighted by molar-refractivity contribution is 5.30. The minimum Gasteiger partial charge on any atom is -0.508 e. The Labute approximate surface area is 87.0 Å². The summed E-state index contributed by atoms with van der Waals surface area (Å²) in [5.41, 5.74) is 1.34. The second-order valence-electron chi connectivity index (χ2n) is 3.27. The summed E-state index contributed by atoms with van der Waals surface area (Å²) in [5.74, 6) is -0.460. The van der Waals surface area contributed by atoms with Crippen LogP contribution in [0.2, 0.25) is 0 Å². The number of pyridine rings is 1. The van der Waals surface area contributed by atoms with Gasteiger partial charge in [-0.2, -0.15) is 0 Å². The van der Waals surface area contributed by atoms with Crippen LogP contribution in [0.3, 0.4) is 0 Å². The van der Waals surface area contributed by atoms with Gasteiger partial charge in [-0.3, -0.25) is 4.98 Å². The Morgan fingerprint density at radius 3 is 2.73 bits per heavy atom. The van der Waals surface area contributed by atoms with E-state index in [-0.39, 0.29) is 5.75 Å². The fourth-order valence-corrected chi connectivity index (χ4v) is 1.38. The van der Waals surface area contributed by atoms with Crippen molar-refractivity contribution in [3.63, 3.8) is 0 Å². The lowest BCUT2D eigenvalue weighted by Gasteiger charge is -2.02. The molecule has 2 rings (SSSR count). The van der Waals surface area contributed by atoms with Crippen LogP contribution in [0, 0.1) is 5.82 Å². The number of halogens is 1. The Morgan fingerprint density at radius 2 is 2.07 bits per heavy atom. The standard InChI is InChI=1S/C12H10FNO/c13-12-8-11(15)5-4-9(12)7-10-3-1-2-6-14-10/h1-6,8,15H,7H2. The lowest BCUT2D eigenvalue weighted by Crippen LogP contribution is -1.94. The molecule has 0 unspecified atom stereocenters. The van der Waals surface area contributed by atoms with Gasteiger partial charge in [0.25, 0.3) is 0 Å². The van der Waals surface area contributed by atoms with Crippen LogP contribution in [0.5, 0.6) is 5.75 Å². The highest BCUT2D eigenvalue weighted by atomic mass is 19.1. The van der Waals surface area contributed by atoms with Gasteiger partial charge in [0, 0.05) is 24.4 Å². The van der Waals surface area contributed by atoms with Crippen molar-refractivity contribution in [3.05, 3.63) is 59.7 Å². The molecule has 2 nitrogen and oxygen atoms in total. The summed E-state index contributed by atoms with van der Waals surface area (Å²) in [6, 6.07) is 9.67. The maximum absolute atomic E-state index is 13.3. The molecular weight excluding hydrogens is 193 g/mol. The number of phenols is 1. The van der Waals surface area contributed by atoms with Crippen LogP contribution in [0.15, 0.2) is 42.6 Å². The molecule has 76 valence electrons. The van der Waals surface area contributed by atoms with E-state index in [4.69, 9.17) is 5.11 Å². The van der Waals surface area contributed by atoms with Crippen molar-refractivity contribution in [1.82, 2.24) is 4.98 Å². The first-order valence-corrected chi connectivity index (χ1v) is 4.63. The van der Waals surface area contributed by atoms with Gasteiger partial charge in [0.1, 0.15) is 11.6 Å². The Bertz CT molecular complexity index is 456. The third-order valence-electron chi connectivity index (χ3n) is 2.13. The van der Waals surface area contributed by atoms with E-state index in [0.717, 1.165) is 11.8 Å². The van der Waals surface area contributed by atoms with E-state index < -0.39 is 5.82 Å². The molecule has 1 heterocycles. The first-order chi connectivity index (χ1) is 7.25. The predicted molar refractivity (Wildman–Crippen MR) is 55.1 cm³/mol. The van der Waals surface area contributed by atoms with Crippen LogP contribution in [-0.4, -0.2) is 10.1 Å². The molecule has 0 aliphatic rings. The van der Waals surface area contributed by atoms with Crippen molar-refractivity contribution in [2.45, 2.75) is 6.42 Å². The van der Waals surface area contributed by atoms with Gasteiger partial charge >= 0.3 is 0 Å². The SMILES string of the molecule is Oc1ccc(Cc2ccccn2)c(F)c1. The Balaban J connectivity index is 2.25. The van der Waals surface area contributed by atoms with E-state index in [0.29, 0.717) is 12.0 Å². The average Bonchev–Trinajstić information content (AvgIpc) is 2.24. The molecule has 0 spiro atoms. The molecule has 15 heavy (non-hydrogen) atoms. The van der Waals surface area contributed by atoms with Crippen LogP contribution < -0.4 is 0 Å². The van der Waals surface area contributed by atoms with E-state index in [1.54, 1.807) is 12.3 Å². The van der Waals surface area contributed by atoms with E-state index in [9.17, 15) is 4.39 Å². The number of benzene rings is 1. The molecule has 0 amide bonds. The highest BCUT2D eigenvalue weighted by Gasteiger charge is 2.04. The van der Waals surface area contributed by atoms with Gasteiger partial charge in [-0.15, -0.1) is 0 Å². The molecule has 1 aromatic heterocycles. The van der Waals surface area contributed by atoms with Crippen LogP contribution >= 0.6 is 0 Å². The Hall–Kier alpha value is -1.90. The summed E-state index contributed by atoms with van der Waals surface area (Å²) in [6.07, 6.45) is 2.11. The van der Waals surface area contributed by atoms with Crippen molar-refractivity contribution in [2.75, 3.05) is 0 Å². The summed E-state index contributed by atoms with van der Waals surface area (Å²) < 4.78 is 13.3. The highest BCUT2D eigenvalue weighted by Crippen LogP contribution is 2.17. The Kier molecular flexibility index (Phi) is 2.63. The minimum atomic E-state index is -0.402. The fraction of sp³-hybridized carbons (Fsp3) is 0.0833. The van der Waals surface area contributed by atoms with Crippen molar-refractivity contribution in [2.24, 2.45) is 0 Å². The zero-order chi connectivity index (χ0) is 10.7. The number of rotatable bonds is 2. The number of aromatic nitrogens is 1. The predicted octanol–water partition coefficient (Wildman–Crippen LogP) is 2.52. The summed E-state index contributed by atoms with van der Waals surface area (Å²) in [5, 5.41) is 9.05. The quantitative estimate of drug-likeness (QED) is 0.813. The largest absolute Gasteiger partial charge is 0.508 e. The van der Waals surface area contributed by atoms with E-state index in [1.165, 1.54) is 6.07 Å². The van der Waals surface area contributed by atoms with E-state index >= 15 is 0 Å². The van der Waals surface area contributed by atoms with Gasteiger partial charge in [-0.1, -0.05) is 12.1 Å². The molecule has 3 heteroatoms. The average molecular weight is 203 g/mol. The maximum atomic E-state index is 13.3. The van der Waals surface area contributed by atoms with Gasteiger partial charge < -0.3 is 5.11 Å². The second-order valence-corrected chi connectivity index (χ2v) is 3.27. The molecule has 1 N–H and O–H groups in total. The second kappa shape index (κ2) is 4.09. The van der Waals surface area contributed by atoms with Crippen molar-refractivity contribution in [3.8, 4) is 5.75 Å². The van der Waals surface area contributed by atoms with Crippen LogP contribution in [0.1, 0.15) is 11.3 Å². The first-order valence-electron chi connectivity index (χ1n) is 4.63. The van der Waals surface area contributed by atoms with Gasteiger partial charge in [0.05, 0.1) is 0 Å². The Morgan fingerprint density at radius 1 is 1.20 bits per heavy atom. The smallest absolute Gasteiger partial charge is 0.130 e. The topological polar surface area (TPSA) is 33.1 Å². The molecule has 0 radical (unpaired) electrons. The lowest BCUT2D eigenvalue weighted by atomic mass is 10.1. The zero-order valence-corrected chi connectivity index (χ0v) is 8.02. The molecule has 2 aromatic rings. The van der Waals surface area contributed by atoms with Gasteiger partial charge in [-0.05, 0) is 23.8 Å². The lowest BCUT2D eigenvalue weighted by molar-refractivity contribution is 0.468. The third kappa shape index (κ3) is 2.31. The van der Waals surface area contributed by atoms with Crippen LogP contribution in [-0.2, 0) is 6.42 Å². The summed E-state index contributed by atoms with van der Waals surface area (Å²) in [4.78, 5) is 4.11. The number of phenolic OH excluding ortho intramolecular Hbond substituents is 1. The van der Waals surface area contributed by atoms with Gasteiger partial charge in [0.15, 0.2) is 0 Å². The molecule has 0 atom stereocenters. The summed E-state index contributed by atoms with van der Waals surface area (Å²) >= 11 is 0. The monoisotopic (exact) mass is 203 g/mol. The first kappa shape index (κ1) is 9.65. The van der Waals surface area contributed by atoms with Crippen molar-refractivity contribution in [1.29, 1.82) is 0 Å². The molecule has 0 saturated carbocycles. The van der Waals surface area contributed by atoms with E-state index in [2.05, 4.69) is 4.98 Å². The van der Waals surface area contributed by atoms with Gasteiger partial charge in [0.2, 0.25) is 0 Å². The molecular formula is C12H10FNO. The fourth-order valence-electron chi connectivity index (χ4n) is 1.38. The van der Waals surface area contributed by atoms with Crippen molar-refractivity contribution >= 4 is 0 Å². The molecule has 0 saturated heterocycles. The zero-order valence-electron chi connectivity index (χ0n) is 8.02. The van der Waals surface area contributed by atoms with Crippen LogP contribution in [0.4, 0.5) is 4.39 Å². The third-order valence-corrected chi connectivity index (χ3v) is 2.13. The summed E-state index contributed by atoms with van der Waals surface area (Å²) in [7, 11) is 0. The van der Waals surface area contributed by atoms with E-state index in [1.807, 2.05) is 18.2 Å². The molecule has 1 aromatic carbocycles. The molecule has 0 aliphatic carbocycles. The molecule has 0 fully saturated rings. The summed E-state index contributed by atoms with van der Waals surface area (Å²) in [6.45, 7) is 0. The maximum Gasteiger partial charge on any atom is 0.130 e. The normalized spacial score (nSPS) is 10.2. The molecule has 0 bridgehead atoms. The molecule has 0 aliphatic heterocycles. The number of hydrogen-bond acceptors (Lipinski definition) is 2. The van der Waals surface area contributed by atoms with Gasteiger partial charge in [-0.25, -0.2) is 4.39 Å². The minimum absolute atomic E-state index is 0.0581. The number of aromatic hydroxyl groups is 1.